The van der Waals surface area contributed by atoms with Crippen molar-refractivity contribution in [3.05, 3.63) is 29.8 Å². The lowest BCUT2D eigenvalue weighted by Crippen LogP contribution is -2.33. The van der Waals surface area contributed by atoms with Crippen LogP contribution in [0.4, 0.5) is 0 Å². The fourth-order valence-corrected chi connectivity index (χ4v) is 2.98. The third-order valence-corrected chi connectivity index (χ3v) is 4.28. The summed E-state index contributed by atoms with van der Waals surface area (Å²) in [5.41, 5.74) is 7.66. The molecule has 2 aliphatic rings. The smallest absolute Gasteiger partial charge is 0.120 e. The average Bonchev–Trinajstić information content (AvgIpc) is 3.16. The number of benzene rings is 1. The predicted molar refractivity (Wildman–Crippen MR) is 73.8 cm³/mol. The van der Waals surface area contributed by atoms with Crippen LogP contribution in [-0.2, 0) is 0 Å². The first-order valence-electron chi connectivity index (χ1n) is 7.24. The van der Waals surface area contributed by atoms with Gasteiger partial charge in [0.05, 0.1) is 6.10 Å². The van der Waals surface area contributed by atoms with Gasteiger partial charge in [0.2, 0.25) is 0 Å². The summed E-state index contributed by atoms with van der Waals surface area (Å²) in [4.78, 5) is 0. The quantitative estimate of drug-likeness (QED) is 0.885. The van der Waals surface area contributed by atoms with Crippen LogP contribution in [0.5, 0.6) is 5.75 Å². The molecule has 3 unspecified atom stereocenters. The first kappa shape index (κ1) is 12.0. The standard InChI is InChI=1S/C16H23NO/c1-11-5-8-16(17)15(9-11)12-3-2-4-14(10-12)18-13-6-7-13/h2-4,10-11,13,15-16H,5-9,17H2,1H3. The molecule has 0 aliphatic heterocycles. The number of ether oxygens (including phenoxy) is 1. The summed E-state index contributed by atoms with van der Waals surface area (Å²) in [7, 11) is 0. The molecular formula is C16H23NO. The topological polar surface area (TPSA) is 35.2 Å². The highest BCUT2D eigenvalue weighted by Crippen LogP contribution is 2.37. The van der Waals surface area contributed by atoms with Crippen molar-refractivity contribution in [2.24, 2.45) is 11.7 Å². The molecule has 1 aromatic rings. The third kappa shape index (κ3) is 2.69. The molecule has 0 aromatic heterocycles. The Morgan fingerprint density at radius 3 is 2.78 bits per heavy atom. The molecule has 3 rings (SSSR count). The van der Waals surface area contributed by atoms with E-state index >= 15 is 0 Å². The van der Waals surface area contributed by atoms with Crippen LogP contribution in [0.25, 0.3) is 0 Å². The molecule has 18 heavy (non-hydrogen) atoms. The zero-order valence-electron chi connectivity index (χ0n) is 11.1. The molecule has 2 fully saturated rings. The highest BCUT2D eigenvalue weighted by molar-refractivity contribution is 5.32. The monoisotopic (exact) mass is 245 g/mol. The van der Waals surface area contributed by atoms with Gasteiger partial charge in [-0.05, 0) is 61.6 Å². The van der Waals surface area contributed by atoms with Gasteiger partial charge < -0.3 is 10.5 Å². The van der Waals surface area contributed by atoms with E-state index < -0.39 is 0 Å². The minimum atomic E-state index is 0.317. The molecule has 0 heterocycles. The lowest BCUT2D eigenvalue weighted by atomic mass is 9.76. The maximum atomic E-state index is 6.30. The van der Waals surface area contributed by atoms with Gasteiger partial charge >= 0.3 is 0 Å². The van der Waals surface area contributed by atoms with E-state index in [9.17, 15) is 0 Å². The Kier molecular flexibility index (Phi) is 3.29. The SMILES string of the molecule is CC1CCC(N)C(c2cccc(OC3CC3)c2)C1. The summed E-state index contributed by atoms with van der Waals surface area (Å²) in [6.07, 6.45) is 6.54. The van der Waals surface area contributed by atoms with Gasteiger partial charge in [0.1, 0.15) is 5.75 Å². The molecule has 0 spiro atoms. The highest BCUT2D eigenvalue weighted by Gasteiger charge is 2.28. The predicted octanol–water partition coefficient (Wildman–Crippen LogP) is 3.46. The molecular weight excluding hydrogens is 222 g/mol. The lowest BCUT2D eigenvalue weighted by Gasteiger charge is -2.33. The van der Waals surface area contributed by atoms with Crippen LogP contribution in [0.2, 0.25) is 0 Å². The fourth-order valence-electron chi connectivity index (χ4n) is 2.98. The van der Waals surface area contributed by atoms with Crippen LogP contribution in [0.3, 0.4) is 0 Å². The van der Waals surface area contributed by atoms with Crippen molar-refractivity contribution in [1.29, 1.82) is 0 Å². The third-order valence-electron chi connectivity index (χ3n) is 4.28. The Hall–Kier alpha value is -1.02. The van der Waals surface area contributed by atoms with E-state index in [1.807, 2.05) is 0 Å². The Morgan fingerprint density at radius 1 is 1.17 bits per heavy atom. The number of hydrogen-bond donors (Lipinski definition) is 1. The van der Waals surface area contributed by atoms with Gasteiger partial charge in [0.15, 0.2) is 0 Å². The molecule has 2 nitrogen and oxygen atoms in total. The van der Waals surface area contributed by atoms with Gasteiger partial charge in [-0.25, -0.2) is 0 Å². The zero-order valence-corrected chi connectivity index (χ0v) is 11.1. The Morgan fingerprint density at radius 2 is 2.00 bits per heavy atom. The summed E-state index contributed by atoms with van der Waals surface area (Å²) < 4.78 is 5.88. The molecule has 2 aliphatic carbocycles. The first-order chi connectivity index (χ1) is 8.72. The fraction of sp³-hybridized carbons (Fsp3) is 0.625. The summed E-state index contributed by atoms with van der Waals surface area (Å²) in [6, 6.07) is 8.92. The lowest BCUT2D eigenvalue weighted by molar-refractivity contribution is 0.295. The van der Waals surface area contributed by atoms with Crippen LogP contribution in [0.15, 0.2) is 24.3 Å². The van der Waals surface area contributed by atoms with Crippen molar-refractivity contribution in [1.82, 2.24) is 0 Å². The van der Waals surface area contributed by atoms with Crippen molar-refractivity contribution in [2.75, 3.05) is 0 Å². The van der Waals surface area contributed by atoms with Crippen LogP contribution in [0.1, 0.15) is 50.5 Å². The number of rotatable bonds is 3. The molecule has 0 saturated heterocycles. The molecule has 0 bridgehead atoms. The van der Waals surface area contributed by atoms with Gasteiger partial charge in [-0.3, -0.25) is 0 Å². The molecule has 2 N–H and O–H groups in total. The maximum Gasteiger partial charge on any atom is 0.120 e. The minimum Gasteiger partial charge on any atom is -0.490 e. The molecule has 2 heteroatoms. The van der Waals surface area contributed by atoms with E-state index in [2.05, 4.69) is 31.2 Å². The Labute approximate surface area is 110 Å². The summed E-state index contributed by atoms with van der Waals surface area (Å²) >= 11 is 0. The zero-order chi connectivity index (χ0) is 12.5. The minimum absolute atomic E-state index is 0.317. The highest BCUT2D eigenvalue weighted by atomic mass is 16.5. The molecule has 2 saturated carbocycles. The van der Waals surface area contributed by atoms with Crippen LogP contribution < -0.4 is 10.5 Å². The molecule has 0 amide bonds. The summed E-state index contributed by atoms with van der Waals surface area (Å²) in [5.74, 6) is 2.33. The molecule has 3 atom stereocenters. The van der Waals surface area contributed by atoms with Crippen molar-refractivity contribution < 1.29 is 4.74 Å². The van der Waals surface area contributed by atoms with Crippen molar-refractivity contribution in [2.45, 2.75) is 57.1 Å². The first-order valence-corrected chi connectivity index (χ1v) is 7.24. The van der Waals surface area contributed by atoms with Crippen LogP contribution in [-0.4, -0.2) is 12.1 Å². The van der Waals surface area contributed by atoms with E-state index in [1.165, 1.54) is 31.2 Å². The van der Waals surface area contributed by atoms with Gasteiger partial charge in [-0.15, -0.1) is 0 Å². The second kappa shape index (κ2) is 4.93. The van der Waals surface area contributed by atoms with Gasteiger partial charge in [0.25, 0.3) is 0 Å². The Balaban J connectivity index is 1.76. The molecule has 1 aromatic carbocycles. The van der Waals surface area contributed by atoms with E-state index in [-0.39, 0.29) is 0 Å². The summed E-state index contributed by atoms with van der Waals surface area (Å²) in [6.45, 7) is 2.34. The van der Waals surface area contributed by atoms with E-state index in [4.69, 9.17) is 10.5 Å². The second-order valence-corrected chi connectivity index (χ2v) is 6.08. The second-order valence-electron chi connectivity index (χ2n) is 6.08. The van der Waals surface area contributed by atoms with Gasteiger partial charge in [-0.2, -0.15) is 0 Å². The molecule has 0 radical (unpaired) electrons. The average molecular weight is 245 g/mol. The van der Waals surface area contributed by atoms with Crippen molar-refractivity contribution in [3.8, 4) is 5.75 Å². The maximum absolute atomic E-state index is 6.30. The van der Waals surface area contributed by atoms with Crippen molar-refractivity contribution in [3.63, 3.8) is 0 Å². The Bertz CT molecular complexity index is 413. The van der Waals surface area contributed by atoms with Crippen LogP contribution in [0, 0.1) is 5.92 Å². The van der Waals surface area contributed by atoms with E-state index in [0.717, 1.165) is 18.1 Å². The van der Waals surface area contributed by atoms with Crippen molar-refractivity contribution >= 4 is 0 Å². The van der Waals surface area contributed by atoms with Crippen LogP contribution >= 0.6 is 0 Å². The number of nitrogens with two attached hydrogens (primary N) is 1. The van der Waals surface area contributed by atoms with Gasteiger partial charge in [0, 0.05) is 6.04 Å². The normalized spacial score (nSPS) is 32.2. The van der Waals surface area contributed by atoms with E-state index in [1.54, 1.807) is 0 Å². The number of hydrogen-bond acceptors (Lipinski definition) is 2. The van der Waals surface area contributed by atoms with E-state index in [0.29, 0.717) is 18.1 Å². The van der Waals surface area contributed by atoms with Gasteiger partial charge in [-0.1, -0.05) is 19.1 Å². The molecule has 98 valence electrons. The summed E-state index contributed by atoms with van der Waals surface area (Å²) in [5, 5.41) is 0. The largest absolute Gasteiger partial charge is 0.490 e.